The van der Waals surface area contributed by atoms with Gasteiger partial charge in [0.05, 0.1) is 28.3 Å². The number of alkyl halides is 3. The Bertz CT molecular complexity index is 1460. The number of para-hydroxylation sites is 2. The number of nitrogens with two attached hydrogens (primary N) is 2. The molecule has 0 bridgehead atoms. The summed E-state index contributed by atoms with van der Waals surface area (Å²) in [4.78, 5) is 0. The molecule has 0 aliphatic carbocycles. The molecule has 0 aliphatic rings. The largest absolute Gasteiger partial charge is 0.416 e. The Balaban J connectivity index is 1.78. The molecule has 2 aromatic heterocycles. The molecule has 0 amide bonds. The smallest absolute Gasteiger partial charge is 0.383 e. The fraction of sp³-hybridized carbons (Fsp3) is 0.143. The summed E-state index contributed by atoms with van der Waals surface area (Å²) in [5, 5.41) is 9.30. The highest BCUT2D eigenvalue weighted by Crippen LogP contribution is 2.43. The molecule has 0 aliphatic heterocycles. The molecule has 0 radical (unpaired) electrons. The van der Waals surface area contributed by atoms with Gasteiger partial charge in [0, 0.05) is 17.0 Å². The van der Waals surface area contributed by atoms with E-state index in [1.807, 2.05) is 60.7 Å². The highest BCUT2D eigenvalue weighted by molar-refractivity contribution is 5.64. The molecule has 4 N–H and O–H groups in total. The summed E-state index contributed by atoms with van der Waals surface area (Å²) in [6.07, 6.45) is -4.51. The van der Waals surface area contributed by atoms with Gasteiger partial charge in [0.25, 0.3) is 0 Å². The van der Waals surface area contributed by atoms with Crippen LogP contribution in [0.5, 0.6) is 0 Å². The zero-order valence-electron chi connectivity index (χ0n) is 20.2. The molecule has 2 heterocycles. The zero-order valence-corrected chi connectivity index (χ0v) is 20.2. The van der Waals surface area contributed by atoms with Crippen LogP contribution >= 0.6 is 0 Å². The molecule has 5 aromatic rings. The summed E-state index contributed by atoms with van der Waals surface area (Å²) >= 11 is 0. The minimum Gasteiger partial charge on any atom is -0.383 e. The lowest BCUT2D eigenvalue weighted by atomic mass is 9.83. The molecule has 0 fully saturated rings. The lowest BCUT2D eigenvalue weighted by Crippen LogP contribution is -2.13. The standard InChI is InChI=1S/C28H25F3N6/c1-17-23(26(32)36(34-17)21-12-5-3-6-13-21)25(19-10-9-11-20(16-19)28(29,30)31)24-18(2)35-37(27(24)33)22-14-7-4-8-15-22/h3-16,25H,32-33H2,1-2H3. The Labute approximate surface area is 212 Å². The van der Waals surface area contributed by atoms with Crippen molar-refractivity contribution in [1.29, 1.82) is 0 Å². The first-order valence-electron chi connectivity index (χ1n) is 11.6. The van der Waals surface area contributed by atoms with Crippen LogP contribution in [0.15, 0.2) is 84.9 Å². The van der Waals surface area contributed by atoms with E-state index in [2.05, 4.69) is 10.2 Å². The van der Waals surface area contributed by atoms with E-state index < -0.39 is 17.7 Å². The molecular weight excluding hydrogens is 477 g/mol. The lowest BCUT2D eigenvalue weighted by Gasteiger charge is -2.21. The second-order valence-electron chi connectivity index (χ2n) is 8.82. The maximum absolute atomic E-state index is 13.7. The van der Waals surface area contributed by atoms with Crippen LogP contribution < -0.4 is 11.5 Å². The summed E-state index contributed by atoms with van der Waals surface area (Å²) in [5.41, 5.74) is 16.7. The number of rotatable bonds is 5. The number of aryl methyl sites for hydroxylation is 2. The first-order chi connectivity index (χ1) is 17.7. The summed E-state index contributed by atoms with van der Waals surface area (Å²) in [5.74, 6) is -0.105. The zero-order chi connectivity index (χ0) is 26.3. The van der Waals surface area contributed by atoms with Gasteiger partial charge in [-0.15, -0.1) is 0 Å². The third-order valence-corrected chi connectivity index (χ3v) is 6.41. The van der Waals surface area contributed by atoms with Gasteiger partial charge in [0.2, 0.25) is 0 Å². The molecule has 0 spiro atoms. The van der Waals surface area contributed by atoms with Gasteiger partial charge in [0.1, 0.15) is 11.6 Å². The molecular formula is C28H25F3N6. The van der Waals surface area contributed by atoms with Gasteiger partial charge in [-0.25, -0.2) is 9.36 Å². The summed E-state index contributed by atoms with van der Waals surface area (Å²) in [7, 11) is 0. The van der Waals surface area contributed by atoms with E-state index in [4.69, 9.17) is 11.5 Å². The van der Waals surface area contributed by atoms with E-state index in [0.717, 1.165) is 23.5 Å². The number of hydrogen-bond acceptors (Lipinski definition) is 4. The number of nitrogens with zero attached hydrogens (tertiary/aromatic N) is 4. The van der Waals surface area contributed by atoms with Crippen LogP contribution in [0, 0.1) is 13.8 Å². The van der Waals surface area contributed by atoms with Crippen LogP contribution in [0.3, 0.4) is 0 Å². The Kier molecular flexibility index (Phi) is 5.99. The van der Waals surface area contributed by atoms with Crippen LogP contribution in [0.4, 0.5) is 24.8 Å². The first kappa shape index (κ1) is 24.2. The monoisotopic (exact) mass is 502 g/mol. The minimum atomic E-state index is -4.51. The van der Waals surface area contributed by atoms with Crippen LogP contribution in [-0.2, 0) is 6.18 Å². The molecule has 6 nitrogen and oxygen atoms in total. The van der Waals surface area contributed by atoms with Gasteiger partial charge in [-0.2, -0.15) is 23.4 Å². The molecule has 0 unspecified atom stereocenters. The van der Waals surface area contributed by atoms with Crippen molar-refractivity contribution in [2.45, 2.75) is 25.9 Å². The normalized spacial score (nSPS) is 11.8. The number of hydrogen-bond donors (Lipinski definition) is 2. The van der Waals surface area contributed by atoms with Gasteiger partial charge < -0.3 is 11.5 Å². The minimum absolute atomic E-state index is 0.317. The maximum atomic E-state index is 13.7. The highest BCUT2D eigenvalue weighted by atomic mass is 19.4. The predicted octanol–water partition coefficient (Wildman–Crippen LogP) is 6.04. The van der Waals surface area contributed by atoms with E-state index >= 15 is 0 Å². The number of anilines is 2. The van der Waals surface area contributed by atoms with Crippen molar-refractivity contribution in [3.8, 4) is 11.4 Å². The number of halogens is 3. The number of benzene rings is 3. The second-order valence-corrected chi connectivity index (χ2v) is 8.82. The van der Waals surface area contributed by atoms with Gasteiger partial charge in [-0.3, -0.25) is 0 Å². The van der Waals surface area contributed by atoms with Crippen molar-refractivity contribution in [3.05, 3.63) is 119 Å². The highest BCUT2D eigenvalue weighted by Gasteiger charge is 2.35. The van der Waals surface area contributed by atoms with Crippen molar-refractivity contribution >= 4 is 11.6 Å². The lowest BCUT2D eigenvalue weighted by molar-refractivity contribution is -0.137. The fourth-order valence-electron chi connectivity index (χ4n) is 4.73. The van der Waals surface area contributed by atoms with Crippen LogP contribution in [0.2, 0.25) is 0 Å². The molecule has 37 heavy (non-hydrogen) atoms. The molecule has 5 rings (SSSR count). The topological polar surface area (TPSA) is 87.7 Å². The fourth-order valence-corrected chi connectivity index (χ4v) is 4.73. The van der Waals surface area contributed by atoms with E-state index in [1.165, 1.54) is 6.07 Å². The molecule has 0 atom stereocenters. The van der Waals surface area contributed by atoms with Crippen molar-refractivity contribution in [2.75, 3.05) is 11.5 Å². The summed E-state index contributed by atoms with van der Waals surface area (Å²) in [6.45, 7) is 3.58. The Morgan fingerprint density at radius 1 is 0.676 bits per heavy atom. The van der Waals surface area contributed by atoms with E-state index in [0.29, 0.717) is 39.7 Å². The number of aromatic nitrogens is 4. The maximum Gasteiger partial charge on any atom is 0.416 e. The number of nitrogen functional groups attached to an aromatic ring is 2. The van der Waals surface area contributed by atoms with Gasteiger partial charge in [-0.05, 0) is 49.7 Å². The Morgan fingerprint density at radius 2 is 1.14 bits per heavy atom. The predicted molar refractivity (Wildman–Crippen MR) is 138 cm³/mol. The van der Waals surface area contributed by atoms with Crippen LogP contribution in [0.25, 0.3) is 11.4 Å². The second kappa shape index (κ2) is 9.16. The van der Waals surface area contributed by atoms with Gasteiger partial charge >= 0.3 is 6.18 Å². The molecule has 0 saturated carbocycles. The third-order valence-electron chi connectivity index (χ3n) is 6.41. The average molecular weight is 503 g/mol. The average Bonchev–Trinajstić information content (AvgIpc) is 3.35. The van der Waals surface area contributed by atoms with Crippen LogP contribution in [0.1, 0.15) is 39.6 Å². The summed E-state index contributed by atoms with van der Waals surface area (Å²) in [6, 6.07) is 23.9. The third kappa shape index (κ3) is 4.33. The van der Waals surface area contributed by atoms with Gasteiger partial charge in [0.15, 0.2) is 0 Å². The van der Waals surface area contributed by atoms with Crippen LogP contribution in [-0.4, -0.2) is 19.6 Å². The molecule has 9 heteroatoms. The van der Waals surface area contributed by atoms with Crippen molar-refractivity contribution < 1.29 is 13.2 Å². The summed E-state index contributed by atoms with van der Waals surface area (Å²) < 4.78 is 44.4. The molecule has 188 valence electrons. The van der Waals surface area contributed by atoms with E-state index in [-0.39, 0.29) is 0 Å². The molecule has 0 saturated heterocycles. The van der Waals surface area contributed by atoms with Crippen molar-refractivity contribution in [2.24, 2.45) is 0 Å². The van der Waals surface area contributed by atoms with Crippen molar-refractivity contribution in [1.82, 2.24) is 19.6 Å². The van der Waals surface area contributed by atoms with Gasteiger partial charge in [-0.1, -0.05) is 54.6 Å². The quantitative estimate of drug-likeness (QED) is 0.307. The first-order valence-corrected chi connectivity index (χ1v) is 11.6. The van der Waals surface area contributed by atoms with E-state index in [1.54, 1.807) is 29.3 Å². The Morgan fingerprint density at radius 3 is 1.57 bits per heavy atom. The van der Waals surface area contributed by atoms with Crippen molar-refractivity contribution in [3.63, 3.8) is 0 Å². The molecule has 3 aromatic carbocycles. The SMILES string of the molecule is Cc1nn(-c2ccccc2)c(N)c1C(c1cccc(C(F)(F)F)c1)c1c(C)nn(-c2ccccc2)c1N. The Hall–Kier alpha value is -4.53. The van der Waals surface area contributed by atoms with E-state index in [9.17, 15) is 13.2 Å².